The van der Waals surface area contributed by atoms with Crippen molar-refractivity contribution in [3.05, 3.63) is 11.6 Å². The van der Waals surface area contributed by atoms with Crippen molar-refractivity contribution in [2.24, 2.45) is 0 Å². The van der Waals surface area contributed by atoms with Crippen molar-refractivity contribution in [1.82, 2.24) is 0 Å². The molecule has 0 aromatic carbocycles. The average Bonchev–Trinajstić information content (AvgIpc) is 1.86. The smallest absolute Gasteiger partial charge is 0.202 e. The minimum absolute atomic E-state index is 0.108. The summed E-state index contributed by atoms with van der Waals surface area (Å²) in [5.41, 5.74) is 0.157. The highest BCUT2D eigenvalue weighted by Crippen LogP contribution is 2.26. The Hall–Kier alpha value is -0.400. The third kappa shape index (κ3) is 2.12. The maximum atomic E-state index is 12.5. The Morgan fingerprint density at radius 3 is 2.11 bits per heavy atom. The molecule has 0 N–H and O–H groups in total. The van der Waals surface area contributed by atoms with E-state index in [1.54, 1.807) is 6.92 Å². The van der Waals surface area contributed by atoms with Crippen molar-refractivity contribution in [3.63, 3.8) is 0 Å². The van der Waals surface area contributed by atoms with Crippen LogP contribution in [0.3, 0.4) is 0 Å². The Morgan fingerprint density at radius 2 is 2.00 bits per heavy atom. The van der Waals surface area contributed by atoms with Gasteiger partial charge in [0.2, 0.25) is 0 Å². The topological polar surface area (TPSA) is 0 Å². The van der Waals surface area contributed by atoms with Gasteiger partial charge in [0.1, 0.15) is 0 Å². The fourth-order valence-corrected chi connectivity index (χ4v) is 0.490. The molecule has 9 heavy (non-hydrogen) atoms. The molecule has 0 atom stereocenters. The van der Waals surface area contributed by atoms with Gasteiger partial charge in [0.15, 0.2) is 0 Å². The van der Waals surface area contributed by atoms with Crippen LogP contribution in [-0.2, 0) is 0 Å². The summed E-state index contributed by atoms with van der Waals surface area (Å²) < 4.78 is 25.0. The molecule has 0 aromatic heterocycles. The van der Waals surface area contributed by atoms with Crippen LogP contribution in [0.25, 0.3) is 0 Å². The van der Waals surface area contributed by atoms with Crippen molar-refractivity contribution in [1.29, 1.82) is 0 Å². The van der Waals surface area contributed by atoms with Crippen LogP contribution < -0.4 is 0 Å². The number of allylic oxidation sites excluding steroid dienone is 2. The molecule has 0 radical (unpaired) electrons. The first-order chi connectivity index (χ1) is 4.04. The molecule has 0 bridgehead atoms. The molecule has 0 spiro atoms. The van der Waals surface area contributed by atoms with E-state index in [1.807, 2.05) is 0 Å². The van der Waals surface area contributed by atoms with Crippen molar-refractivity contribution in [2.75, 3.05) is 0 Å². The monoisotopic (exact) mass is 134 g/mol. The van der Waals surface area contributed by atoms with Gasteiger partial charge in [-0.25, -0.2) is 8.78 Å². The summed E-state index contributed by atoms with van der Waals surface area (Å²) in [6.07, 6.45) is 1.34. The number of hydrogen-bond donors (Lipinski definition) is 0. The van der Waals surface area contributed by atoms with Crippen LogP contribution in [-0.4, -0.2) is 5.92 Å². The number of rotatable bonds is 2. The summed E-state index contributed by atoms with van der Waals surface area (Å²) in [4.78, 5) is 0. The lowest BCUT2D eigenvalue weighted by atomic mass is 10.1. The fraction of sp³-hybridized carbons (Fsp3) is 0.714. The summed E-state index contributed by atoms with van der Waals surface area (Å²) in [5, 5.41) is 0. The number of hydrogen-bond acceptors (Lipinski definition) is 0. The highest BCUT2D eigenvalue weighted by atomic mass is 19.3. The lowest BCUT2D eigenvalue weighted by Gasteiger charge is -2.13. The van der Waals surface area contributed by atoms with Crippen LogP contribution in [0.4, 0.5) is 8.78 Å². The van der Waals surface area contributed by atoms with Gasteiger partial charge in [-0.3, -0.25) is 0 Å². The van der Waals surface area contributed by atoms with E-state index in [4.69, 9.17) is 0 Å². The van der Waals surface area contributed by atoms with Gasteiger partial charge in [-0.1, -0.05) is 13.0 Å². The van der Waals surface area contributed by atoms with E-state index in [-0.39, 0.29) is 12.0 Å². The van der Waals surface area contributed by atoms with Gasteiger partial charge in [0.25, 0.3) is 5.92 Å². The van der Waals surface area contributed by atoms with Gasteiger partial charge < -0.3 is 0 Å². The van der Waals surface area contributed by atoms with E-state index in [1.165, 1.54) is 19.9 Å². The first-order valence-corrected chi connectivity index (χ1v) is 3.05. The molecule has 0 aliphatic carbocycles. The maximum absolute atomic E-state index is 12.5. The molecule has 2 heteroatoms. The van der Waals surface area contributed by atoms with Gasteiger partial charge in [-0.15, -0.1) is 0 Å². The summed E-state index contributed by atoms with van der Waals surface area (Å²) >= 11 is 0. The molecule has 0 nitrogen and oxygen atoms in total. The standard InChI is InChI=1S/C7H12F2/c1-4-6(3)7(8,9)5-2/h4H,5H2,1-3H3/b6-4+. The third-order valence-corrected chi connectivity index (χ3v) is 1.45. The zero-order chi connectivity index (χ0) is 7.49. The molecule has 0 saturated carbocycles. The predicted molar refractivity (Wildman–Crippen MR) is 34.7 cm³/mol. The molecular weight excluding hydrogens is 122 g/mol. The van der Waals surface area contributed by atoms with Crippen LogP contribution in [0.5, 0.6) is 0 Å². The van der Waals surface area contributed by atoms with Crippen LogP contribution in [0.1, 0.15) is 27.2 Å². The molecule has 0 aliphatic heterocycles. The predicted octanol–water partition coefficient (Wildman–Crippen LogP) is 3.00. The quantitative estimate of drug-likeness (QED) is 0.509. The first-order valence-electron chi connectivity index (χ1n) is 3.05. The summed E-state index contributed by atoms with van der Waals surface area (Å²) in [5.74, 6) is -2.59. The molecule has 0 amide bonds. The largest absolute Gasteiger partial charge is 0.268 e. The SMILES string of the molecule is C/C=C(\C)C(F)(F)CC. The van der Waals surface area contributed by atoms with Gasteiger partial charge in [0, 0.05) is 6.42 Å². The Morgan fingerprint density at radius 1 is 1.56 bits per heavy atom. The molecule has 0 heterocycles. The van der Waals surface area contributed by atoms with E-state index in [0.717, 1.165) is 0 Å². The fourth-order valence-electron chi connectivity index (χ4n) is 0.490. The van der Waals surface area contributed by atoms with Crippen molar-refractivity contribution in [3.8, 4) is 0 Å². The highest BCUT2D eigenvalue weighted by molar-refractivity contribution is 5.07. The Labute approximate surface area is 54.6 Å². The van der Waals surface area contributed by atoms with Crippen LogP contribution in [0, 0.1) is 0 Å². The van der Waals surface area contributed by atoms with Crippen LogP contribution in [0.2, 0.25) is 0 Å². The first kappa shape index (κ1) is 8.60. The molecule has 0 fully saturated rings. The van der Waals surface area contributed by atoms with Crippen molar-refractivity contribution < 1.29 is 8.78 Å². The minimum Gasteiger partial charge on any atom is -0.202 e. The molecule has 0 unspecified atom stereocenters. The third-order valence-electron chi connectivity index (χ3n) is 1.45. The van der Waals surface area contributed by atoms with Gasteiger partial charge in [-0.2, -0.15) is 0 Å². The van der Waals surface area contributed by atoms with Gasteiger partial charge >= 0.3 is 0 Å². The number of halogens is 2. The Bertz CT molecular complexity index is 114. The maximum Gasteiger partial charge on any atom is 0.268 e. The van der Waals surface area contributed by atoms with Crippen LogP contribution in [0.15, 0.2) is 11.6 Å². The second-order valence-electron chi connectivity index (χ2n) is 2.03. The van der Waals surface area contributed by atoms with E-state index in [2.05, 4.69) is 0 Å². The van der Waals surface area contributed by atoms with E-state index in [9.17, 15) is 8.78 Å². The second kappa shape index (κ2) is 2.95. The molecule has 0 aliphatic rings. The Kier molecular flexibility index (Phi) is 2.82. The highest BCUT2D eigenvalue weighted by Gasteiger charge is 2.27. The summed E-state index contributed by atoms with van der Waals surface area (Å²) in [6, 6.07) is 0. The zero-order valence-electron chi connectivity index (χ0n) is 6.04. The normalized spacial score (nSPS) is 14.1. The van der Waals surface area contributed by atoms with Crippen LogP contribution >= 0.6 is 0 Å². The van der Waals surface area contributed by atoms with E-state index in [0.29, 0.717) is 0 Å². The van der Waals surface area contributed by atoms with E-state index < -0.39 is 5.92 Å². The Balaban J connectivity index is 4.14. The number of alkyl halides is 2. The zero-order valence-corrected chi connectivity index (χ0v) is 6.04. The van der Waals surface area contributed by atoms with Crippen molar-refractivity contribution >= 4 is 0 Å². The summed E-state index contributed by atoms with van der Waals surface area (Å²) in [6.45, 7) is 4.55. The van der Waals surface area contributed by atoms with Gasteiger partial charge in [0.05, 0.1) is 0 Å². The molecule has 0 saturated heterocycles. The molecule has 0 rings (SSSR count). The second-order valence-corrected chi connectivity index (χ2v) is 2.03. The van der Waals surface area contributed by atoms with Crippen molar-refractivity contribution in [2.45, 2.75) is 33.1 Å². The summed E-state index contributed by atoms with van der Waals surface area (Å²) in [7, 11) is 0. The van der Waals surface area contributed by atoms with Gasteiger partial charge in [-0.05, 0) is 19.4 Å². The molecular formula is C7H12F2. The lowest BCUT2D eigenvalue weighted by molar-refractivity contribution is 0.0375. The molecule has 54 valence electrons. The van der Waals surface area contributed by atoms with E-state index >= 15 is 0 Å². The average molecular weight is 134 g/mol. The lowest BCUT2D eigenvalue weighted by Crippen LogP contribution is -2.15. The minimum atomic E-state index is -2.59. The molecule has 0 aromatic rings.